The van der Waals surface area contributed by atoms with Crippen LogP contribution in [-0.2, 0) is 19.9 Å². The molecule has 0 atom stereocenters. The molecule has 0 unspecified atom stereocenters. The average Bonchev–Trinajstić information content (AvgIpc) is 3.42. The summed E-state index contributed by atoms with van der Waals surface area (Å²) in [5, 5.41) is 9.01. The van der Waals surface area contributed by atoms with Crippen molar-refractivity contribution in [2.75, 3.05) is 31.5 Å². The van der Waals surface area contributed by atoms with E-state index in [2.05, 4.69) is 33.5 Å². The first-order chi connectivity index (χ1) is 15.6. The van der Waals surface area contributed by atoms with Gasteiger partial charge in [-0.15, -0.1) is 0 Å². The van der Waals surface area contributed by atoms with E-state index in [9.17, 15) is 0 Å². The molecule has 0 radical (unpaired) electrons. The molecule has 0 aliphatic heterocycles. The van der Waals surface area contributed by atoms with Crippen molar-refractivity contribution in [1.29, 1.82) is 0 Å². The van der Waals surface area contributed by atoms with Crippen LogP contribution in [0.15, 0.2) is 42.6 Å². The van der Waals surface area contributed by atoms with Gasteiger partial charge in [0.2, 0.25) is 5.95 Å². The number of nitrogens with one attached hydrogen (secondary N) is 1. The van der Waals surface area contributed by atoms with Gasteiger partial charge in [-0.3, -0.25) is 4.68 Å². The number of aryl methyl sites for hydroxylation is 2. The Labute approximate surface area is 186 Å². The van der Waals surface area contributed by atoms with E-state index in [4.69, 9.17) is 19.4 Å². The maximum Gasteiger partial charge on any atom is 0.229 e. The summed E-state index contributed by atoms with van der Waals surface area (Å²) in [7, 11) is 7.23. The Bertz CT molecular complexity index is 1300. The highest BCUT2D eigenvalue weighted by atomic mass is 16.5. The fraction of sp³-hybridized carbons (Fsp3) is 0.292. The van der Waals surface area contributed by atoms with Crippen LogP contribution in [0.4, 0.5) is 23.1 Å². The lowest BCUT2D eigenvalue weighted by Crippen LogP contribution is -2.15. The number of aromatic nitrogens is 4. The first-order valence-electron chi connectivity index (χ1n) is 10.6. The maximum atomic E-state index is 5.42. The molecule has 8 heteroatoms. The number of ether oxygens (including phenoxy) is 2. The number of benzene rings is 2. The van der Waals surface area contributed by atoms with E-state index in [1.54, 1.807) is 14.2 Å². The first kappa shape index (κ1) is 20.1. The highest BCUT2D eigenvalue weighted by Crippen LogP contribution is 2.35. The van der Waals surface area contributed by atoms with Crippen LogP contribution in [0.5, 0.6) is 11.5 Å². The zero-order chi connectivity index (χ0) is 22.2. The minimum Gasteiger partial charge on any atom is -0.493 e. The molecule has 0 spiro atoms. The summed E-state index contributed by atoms with van der Waals surface area (Å²) in [6.07, 6.45) is 5.05. The van der Waals surface area contributed by atoms with E-state index in [1.165, 1.54) is 5.56 Å². The number of methoxy groups -OCH3 is 2. The molecule has 1 aliphatic carbocycles. The summed E-state index contributed by atoms with van der Waals surface area (Å²) in [6.45, 7) is 0. The maximum absolute atomic E-state index is 5.42. The molecule has 1 N–H and O–H groups in total. The summed E-state index contributed by atoms with van der Waals surface area (Å²) in [4.78, 5) is 11.8. The summed E-state index contributed by atoms with van der Waals surface area (Å²) in [5.41, 5.74) is 5.16. The van der Waals surface area contributed by atoms with Gasteiger partial charge in [0.25, 0.3) is 0 Å². The lowest BCUT2D eigenvalue weighted by Gasteiger charge is -2.22. The van der Waals surface area contributed by atoms with Crippen LogP contribution in [0.25, 0.3) is 10.9 Å². The van der Waals surface area contributed by atoms with Gasteiger partial charge in [-0.1, -0.05) is 0 Å². The van der Waals surface area contributed by atoms with Gasteiger partial charge in [-0.05, 0) is 49.6 Å². The van der Waals surface area contributed by atoms with Gasteiger partial charge in [0.05, 0.1) is 25.4 Å². The van der Waals surface area contributed by atoms with Gasteiger partial charge in [0.15, 0.2) is 11.5 Å². The van der Waals surface area contributed by atoms with Gasteiger partial charge >= 0.3 is 0 Å². The highest BCUT2D eigenvalue weighted by molar-refractivity contribution is 5.83. The number of anilines is 4. The summed E-state index contributed by atoms with van der Waals surface area (Å²) in [6, 6.07) is 12.0. The number of fused-ring (bicyclic) bond motifs is 2. The van der Waals surface area contributed by atoms with Crippen molar-refractivity contribution < 1.29 is 9.47 Å². The van der Waals surface area contributed by atoms with Gasteiger partial charge < -0.3 is 19.7 Å². The first-order valence-corrected chi connectivity index (χ1v) is 10.6. The van der Waals surface area contributed by atoms with Crippen molar-refractivity contribution in [2.45, 2.75) is 19.3 Å². The summed E-state index contributed by atoms with van der Waals surface area (Å²) in [5.74, 6) is 2.82. The Balaban J connectivity index is 1.51. The molecule has 4 aromatic rings. The van der Waals surface area contributed by atoms with Crippen molar-refractivity contribution in [3.05, 3.63) is 53.9 Å². The molecule has 32 heavy (non-hydrogen) atoms. The van der Waals surface area contributed by atoms with Gasteiger partial charge in [0.1, 0.15) is 5.82 Å². The predicted octanol–water partition coefficient (Wildman–Crippen LogP) is 4.38. The second kappa shape index (κ2) is 8.03. The van der Waals surface area contributed by atoms with Crippen LogP contribution in [-0.4, -0.2) is 41.0 Å². The Morgan fingerprint density at radius 3 is 2.66 bits per heavy atom. The van der Waals surface area contributed by atoms with E-state index in [1.807, 2.05) is 43.2 Å². The van der Waals surface area contributed by atoms with Crippen LogP contribution in [0.1, 0.15) is 17.7 Å². The lowest BCUT2D eigenvalue weighted by molar-refractivity contribution is 0.355. The molecule has 0 fully saturated rings. The molecule has 0 amide bonds. The molecule has 1 aliphatic rings. The molecule has 0 saturated carbocycles. The minimum absolute atomic E-state index is 0.568. The van der Waals surface area contributed by atoms with Crippen molar-refractivity contribution in [3.8, 4) is 11.5 Å². The molecule has 0 saturated heterocycles. The molecular weight excluding hydrogens is 404 g/mol. The Hall–Kier alpha value is -3.81. The van der Waals surface area contributed by atoms with Crippen LogP contribution in [0, 0.1) is 0 Å². The van der Waals surface area contributed by atoms with Crippen molar-refractivity contribution >= 4 is 34.0 Å². The quantitative estimate of drug-likeness (QED) is 0.486. The number of hydrogen-bond donors (Lipinski definition) is 1. The SMILES string of the molecule is COc1ccc(Nc2nc3c(c(N(C)c4ccc5cn(C)nc5c4)n2)CCC3)cc1OC. The molecule has 8 nitrogen and oxygen atoms in total. The second-order valence-electron chi connectivity index (χ2n) is 7.95. The van der Waals surface area contributed by atoms with E-state index >= 15 is 0 Å². The topological polar surface area (TPSA) is 77.3 Å². The van der Waals surface area contributed by atoms with Gasteiger partial charge in [0, 0.05) is 48.7 Å². The van der Waals surface area contributed by atoms with E-state index < -0.39 is 0 Å². The monoisotopic (exact) mass is 430 g/mol. The van der Waals surface area contributed by atoms with E-state index in [0.29, 0.717) is 17.4 Å². The molecule has 164 valence electrons. The fourth-order valence-electron chi connectivity index (χ4n) is 4.25. The molecule has 2 heterocycles. The van der Waals surface area contributed by atoms with Crippen LogP contribution in [0.3, 0.4) is 0 Å². The van der Waals surface area contributed by atoms with Crippen LogP contribution < -0.4 is 19.7 Å². The minimum atomic E-state index is 0.568. The molecule has 0 bridgehead atoms. The van der Waals surface area contributed by atoms with Crippen molar-refractivity contribution in [1.82, 2.24) is 19.7 Å². The lowest BCUT2D eigenvalue weighted by atomic mass is 10.2. The fourth-order valence-corrected chi connectivity index (χ4v) is 4.25. The largest absolute Gasteiger partial charge is 0.493 e. The predicted molar refractivity (Wildman–Crippen MR) is 126 cm³/mol. The molecule has 5 rings (SSSR count). The Morgan fingerprint density at radius 2 is 1.84 bits per heavy atom. The third-order valence-corrected chi connectivity index (χ3v) is 5.86. The smallest absolute Gasteiger partial charge is 0.229 e. The number of nitrogens with zero attached hydrogens (tertiary/aromatic N) is 5. The zero-order valence-corrected chi connectivity index (χ0v) is 18.7. The van der Waals surface area contributed by atoms with E-state index in [-0.39, 0.29) is 0 Å². The Kier molecular flexibility index (Phi) is 5.05. The zero-order valence-electron chi connectivity index (χ0n) is 18.7. The highest BCUT2D eigenvalue weighted by Gasteiger charge is 2.23. The summed E-state index contributed by atoms with van der Waals surface area (Å²) < 4.78 is 12.6. The van der Waals surface area contributed by atoms with Crippen LogP contribution >= 0.6 is 0 Å². The molecule has 2 aromatic heterocycles. The average molecular weight is 431 g/mol. The van der Waals surface area contributed by atoms with E-state index in [0.717, 1.165) is 53.1 Å². The Morgan fingerprint density at radius 1 is 1.00 bits per heavy atom. The van der Waals surface area contributed by atoms with Gasteiger partial charge in [-0.25, -0.2) is 4.98 Å². The number of rotatable bonds is 6. The van der Waals surface area contributed by atoms with Gasteiger partial charge in [-0.2, -0.15) is 10.1 Å². The second-order valence-corrected chi connectivity index (χ2v) is 7.95. The number of hydrogen-bond acceptors (Lipinski definition) is 7. The van der Waals surface area contributed by atoms with Crippen molar-refractivity contribution in [2.24, 2.45) is 7.05 Å². The molecule has 2 aromatic carbocycles. The third kappa shape index (κ3) is 3.57. The standard InChI is InChI=1S/C24H26N6O2/c1-29-14-15-8-10-17(13-20(15)28-29)30(2)23-18-6-5-7-19(18)26-24(27-23)25-16-9-11-21(31-3)22(12-16)32-4/h8-14H,5-7H2,1-4H3,(H,25,26,27). The van der Waals surface area contributed by atoms with Crippen molar-refractivity contribution in [3.63, 3.8) is 0 Å². The molecular formula is C24H26N6O2. The third-order valence-electron chi connectivity index (χ3n) is 5.86. The van der Waals surface area contributed by atoms with Crippen LogP contribution in [0.2, 0.25) is 0 Å². The normalized spacial score (nSPS) is 12.6. The summed E-state index contributed by atoms with van der Waals surface area (Å²) >= 11 is 0.